The molecule has 0 amide bonds. The maximum absolute atomic E-state index is 13.9. The van der Waals surface area contributed by atoms with Crippen LogP contribution in [0.3, 0.4) is 0 Å². The van der Waals surface area contributed by atoms with Crippen LogP contribution in [0.5, 0.6) is 11.5 Å². The summed E-state index contributed by atoms with van der Waals surface area (Å²) < 4.78 is 24.5. The van der Waals surface area contributed by atoms with Gasteiger partial charge in [-0.25, -0.2) is 0 Å². The molecule has 3 aromatic rings. The van der Waals surface area contributed by atoms with Crippen LogP contribution in [-0.4, -0.2) is 14.2 Å². The van der Waals surface area contributed by atoms with E-state index in [1.807, 2.05) is 84.9 Å². The molecular weight excluding hydrogens is 343 g/mol. The summed E-state index contributed by atoms with van der Waals surface area (Å²) in [6.07, 6.45) is 1.88. The van der Waals surface area contributed by atoms with Gasteiger partial charge in [-0.3, -0.25) is 0 Å². The molecule has 0 spiro atoms. The van der Waals surface area contributed by atoms with Gasteiger partial charge < -0.3 is 14.0 Å². The Morgan fingerprint density at radius 1 is 0.731 bits per heavy atom. The Balaban J connectivity index is 2.05. The molecule has 0 saturated carbocycles. The third-order valence-corrected chi connectivity index (χ3v) is 6.86. The Hall–Kier alpha value is -2.77. The van der Waals surface area contributed by atoms with Crippen LogP contribution < -0.4 is 20.1 Å². The fourth-order valence-corrected chi connectivity index (χ4v) is 5.02. The van der Waals surface area contributed by atoms with Gasteiger partial charge in [0, 0.05) is 10.6 Å². The second-order valence-electron chi connectivity index (χ2n) is 5.76. The largest absolute Gasteiger partial charge is 0.493 e. The zero-order valence-electron chi connectivity index (χ0n) is 14.8. The number of rotatable bonds is 6. The molecule has 3 nitrogen and oxygen atoms in total. The van der Waals surface area contributed by atoms with Crippen molar-refractivity contribution < 1.29 is 14.0 Å². The van der Waals surface area contributed by atoms with Gasteiger partial charge in [-0.05, 0) is 23.5 Å². The van der Waals surface area contributed by atoms with Crippen LogP contribution in [0.1, 0.15) is 5.56 Å². The Bertz CT molecular complexity index is 891. The number of hydrogen-bond acceptors (Lipinski definition) is 3. The molecule has 26 heavy (non-hydrogen) atoms. The van der Waals surface area contributed by atoms with Crippen LogP contribution in [0, 0.1) is 0 Å². The molecule has 4 heteroatoms. The van der Waals surface area contributed by atoms with E-state index < -0.39 is 7.14 Å². The summed E-state index contributed by atoms with van der Waals surface area (Å²) in [5.74, 6) is 3.11. The van der Waals surface area contributed by atoms with Crippen LogP contribution in [0.25, 0.3) is 6.08 Å². The highest BCUT2D eigenvalue weighted by molar-refractivity contribution is 7.81. The molecule has 3 rings (SSSR count). The minimum Gasteiger partial charge on any atom is -0.493 e. The van der Waals surface area contributed by atoms with Crippen molar-refractivity contribution in [3.63, 3.8) is 0 Å². The second-order valence-corrected chi connectivity index (χ2v) is 8.41. The monoisotopic (exact) mass is 364 g/mol. The van der Waals surface area contributed by atoms with Crippen LogP contribution in [0.15, 0.2) is 84.7 Å². The lowest BCUT2D eigenvalue weighted by atomic mass is 10.2. The first-order valence-corrected chi connectivity index (χ1v) is 10.1. The Morgan fingerprint density at radius 3 is 1.77 bits per heavy atom. The highest BCUT2D eigenvalue weighted by atomic mass is 31.2. The van der Waals surface area contributed by atoms with E-state index >= 15 is 0 Å². The fourth-order valence-electron chi connectivity index (χ4n) is 2.77. The maximum Gasteiger partial charge on any atom is 0.164 e. The van der Waals surface area contributed by atoms with Gasteiger partial charge in [0.25, 0.3) is 0 Å². The first-order valence-electron chi connectivity index (χ1n) is 8.29. The van der Waals surface area contributed by atoms with Crippen LogP contribution >= 0.6 is 7.14 Å². The zero-order valence-corrected chi connectivity index (χ0v) is 15.7. The first-order chi connectivity index (χ1) is 12.7. The lowest BCUT2D eigenvalue weighted by molar-refractivity contribution is 0.355. The Labute approximate surface area is 154 Å². The predicted octanol–water partition coefficient (Wildman–Crippen LogP) is 4.69. The summed E-state index contributed by atoms with van der Waals surface area (Å²) in [6.45, 7) is 0. The van der Waals surface area contributed by atoms with Crippen molar-refractivity contribution in [3.8, 4) is 11.5 Å². The summed E-state index contributed by atoms with van der Waals surface area (Å²) >= 11 is 0. The molecular formula is C22H21O3P. The Morgan fingerprint density at radius 2 is 1.27 bits per heavy atom. The predicted molar refractivity (Wildman–Crippen MR) is 108 cm³/mol. The first kappa shape index (κ1) is 18.0. The molecule has 0 saturated heterocycles. The zero-order chi connectivity index (χ0) is 18.4. The van der Waals surface area contributed by atoms with Crippen LogP contribution in [-0.2, 0) is 4.57 Å². The molecule has 3 aromatic carbocycles. The standard InChI is InChI=1S/C22H21O3P/c1-24-21-14-13-18(17-22(21)25-2)15-16-26(23,19-9-5-3-6-10-19)20-11-7-4-8-12-20/h3-17H,1-2H3/b16-15+. The smallest absolute Gasteiger partial charge is 0.164 e. The van der Waals surface area contributed by atoms with E-state index in [2.05, 4.69) is 0 Å². The molecule has 0 N–H and O–H groups in total. The van der Waals surface area contributed by atoms with E-state index in [0.29, 0.717) is 11.5 Å². The van der Waals surface area contributed by atoms with Gasteiger partial charge in [-0.15, -0.1) is 0 Å². The summed E-state index contributed by atoms with van der Waals surface area (Å²) in [7, 11) is 0.320. The van der Waals surface area contributed by atoms with Gasteiger partial charge in [-0.2, -0.15) is 0 Å². The molecule has 0 aliphatic carbocycles. The topological polar surface area (TPSA) is 35.5 Å². The van der Waals surface area contributed by atoms with Crippen molar-refractivity contribution in [2.24, 2.45) is 0 Å². The summed E-state index contributed by atoms with van der Waals surface area (Å²) in [5.41, 5.74) is 0.898. The molecule has 0 aliphatic rings. The Kier molecular flexibility index (Phi) is 5.60. The van der Waals surface area contributed by atoms with Crippen molar-refractivity contribution in [1.29, 1.82) is 0 Å². The van der Waals surface area contributed by atoms with Crippen molar-refractivity contribution in [1.82, 2.24) is 0 Å². The van der Waals surface area contributed by atoms with Gasteiger partial charge >= 0.3 is 0 Å². The molecule has 0 unspecified atom stereocenters. The highest BCUT2D eigenvalue weighted by Crippen LogP contribution is 2.45. The minimum atomic E-state index is -2.88. The molecule has 0 radical (unpaired) electrons. The van der Waals surface area contributed by atoms with Gasteiger partial charge in [0.05, 0.1) is 14.2 Å². The quantitative estimate of drug-likeness (QED) is 0.596. The van der Waals surface area contributed by atoms with Crippen molar-refractivity contribution in [3.05, 3.63) is 90.2 Å². The SMILES string of the molecule is COc1ccc(/C=C/P(=O)(c2ccccc2)c2ccccc2)cc1OC. The summed E-state index contributed by atoms with van der Waals surface area (Å²) in [4.78, 5) is 0. The molecule has 0 heterocycles. The number of hydrogen-bond donors (Lipinski definition) is 0. The summed E-state index contributed by atoms with van der Waals surface area (Å²) in [5, 5.41) is 1.62. The number of ether oxygens (including phenoxy) is 2. The number of benzene rings is 3. The average molecular weight is 364 g/mol. The highest BCUT2D eigenvalue weighted by Gasteiger charge is 2.23. The van der Waals surface area contributed by atoms with E-state index in [4.69, 9.17) is 9.47 Å². The maximum atomic E-state index is 13.9. The van der Waals surface area contributed by atoms with E-state index in [1.54, 1.807) is 20.0 Å². The van der Waals surface area contributed by atoms with E-state index in [-0.39, 0.29) is 0 Å². The normalized spacial score (nSPS) is 11.5. The molecule has 0 fully saturated rings. The molecule has 0 atom stereocenters. The third-order valence-electron chi connectivity index (χ3n) is 4.16. The van der Waals surface area contributed by atoms with Gasteiger partial charge in [0.1, 0.15) is 0 Å². The van der Waals surface area contributed by atoms with E-state index in [1.165, 1.54) is 0 Å². The van der Waals surface area contributed by atoms with Gasteiger partial charge in [-0.1, -0.05) is 72.8 Å². The average Bonchev–Trinajstić information content (AvgIpc) is 2.73. The molecule has 0 bridgehead atoms. The van der Waals surface area contributed by atoms with Gasteiger partial charge in [0.15, 0.2) is 18.6 Å². The lowest BCUT2D eigenvalue weighted by Crippen LogP contribution is -2.13. The summed E-state index contributed by atoms with van der Waals surface area (Å²) in [6, 6.07) is 24.8. The molecule has 132 valence electrons. The molecule has 0 aromatic heterocycles. The second kappa shape index (κ2) is 8.07. The van der Waals surface area contributed by atoms with Crippen molar-refractivity contribution >= 4 is 23.8 Å². The van der Waals surface area contributed by atoms with Crippen LogP contribution in [0.4, 0.5) is 0 Å². The lowest BCUT2D eigenvalue weighted by Gasteiger charge is -2.15. The fraction of sp³-hybridized carbons (Fsp3) is 0.0909. The number of methoxy groups -OCH3 is 2. The molecule has 0 aliphatic heterocycles. The van der Waals surface area contributed by atoms with Crippen LogP contribution in [0.2, 0.25) is 0 Å². The van der Waals surface area contributed by atoms with Crippen molar-refractivity contribution in [2.75, 3.05) is 14.2 Å². The van der Waals surface area contributed by atoms with Crippen molar-refractivity contribution in [2.45, 2.75) is 0 Å². The van der Waals surface area contributed by atoms with E-state index in [0.717, 1.165) is 16.2 Å². The van der Waals surface area contributed by atoms with E-state index in [9.17, 15) is 4.57 Å². The van der Waals surface area contributed by atoms with Gasteiger partial charge in [0.2, 0.25) is 0 Å². The minimum absolute atomic E-state index is 0.643. The third kappa shape index (κ3) is 3.74.